The molecule has 4 nitrogen and oxygen atoms in total. The largest absolute Gasteiger partial charge is 0.465 e. The minimum Gasteiger partial charge on any atom is -0.465 e. The highest BCUT2D eigenvalue weighted by molar-refractivity contribution is 5.65. The fourth-order valence-corrected chi connectivity index (χ4v) is 2.75. The van der Waals surface area contributed by atoms with E-state index in [-0.39, 0.29) is 19.0 Å². The molecule has 1 saturated heterocycles. The van der Waals surface area contributed by atoms with Crippen molar-refractivity contribution in [1.29, 1.82) is 0 Å². The number of halogens is 1. The second kappa shape index (κ2) is 5.57. The number of hydrogen-bond acceptors (Lipinski definition) is 2. The number of aliphatic hydroxyl groups excluding tert-OH is 1. The van der Waals surface area contributed by atoms with Gasteiger partial charge in [0.05, 0.1) is 6.61 Å². The summed E-state index contributed by atoms with van der Waals surface area (Å²) in [4.78, 5) is 12.4. The van der Waals surface area contributed by atoms with E-state index in [0.717, 1.165) is 0 Å². The molecule has 0 aromatic heterocycles. The maximum Gasteiger partial charge on any atom is 0.407 e. The minimum atomic E-state index is -0.981. The lowest BCUT2D eigenvalue weighted by Crippen LogP contribution is -2.48. The molecule has 0 spiro atoms. The zero-order valence-corrected chi connectivity index (χ0v) is 10.7. The van der Waals surface area contributed by atoms with E-state index in [2.05, 4.69) is 0 Å². The summed E-state index contributed by atoms with van der Waals surface area (Å²) in [7, 11) is 0. The average Bonchev–Trinajstić information content (AvgIpc) is 2.42. The Labute approximate surface area is 111 Å². The first kappa shape index (κ1) is 13.8. The van der Waals surface area contributed by atoms with Crippen molar-refractivity contribution in [1.82, 2.24) is 4.90 Å². The van der Waals surface area contributed by atoms with E-state index in [1.54, 1.807) is 18.2 Å². The molecule has 1 amide bonds. The number of hydrogen-bond donors (Lipinski definition) is 2. The Kier molecular flexibility index (Phi) is 4.04. The van der Waals surface area contributed by atoms with Gasteiger partial charge in [0.1, 0.15) is 5.82 Å². The normalized spacial score (nSPS) is 23.4. The van der Waals surface area contributed by atoms with Gasteiger partial charge in [-0.3, -0.25) is 0 Å². The molecule has 0 radical (unpaired) electrons. The zero-order valence-electron chi connectivity index (χ0n) is 10.7. The van der Waals surface area contributed by atoms with E-state index < -0.39 is 11.5 Å². The number of benzene rings is 1. The highest BCUT2D eigenvalue weighted by atomic mass is 19.1. The fourth-order valence-electron chi connectivity index (χ4n) is 2.75. The van der Waals surface area contributed by atoms with Crippen LogP contribution in [0.3, 0.4) is 0 Å². The lowest BCUT2D eigenvalue weighted by Gasteiger charge is -2.40. The number of rotatable bonds is 3. The van der Waals surface area contributed by atoms with E-state index in [4.69, 9.17) is 5.11 Å². The summed E-state index contributed by atoms with van der Waals surface area (Å²) in [6, 6.07) is 6.45. The number of nitrogens with zero attached hydrogens (tertiary/aromatic N) is 1. The molecule has 104 valence electrons. The first-order valence-electron chi connectivity index (χ1n) is 6.38. The summed E-state index contributed by atoms with van der Waals surface area (Å²) in [5.74, 6) is -0.303. The first-order chi connectivity index (χ1) is 9.06. The number of amides is 1. The van der Waals surface area contributed by atoms with Gasteiger partial charge in [0, 0.05) is 18.5 Å². The van der Waals surface area contributed by atoms with Crippen molar-refractivity contribution in [2.45, 2.75) is 19.3 Å². The summed E-state index contributed by atoms with van der Waals surface area (Å²) in [6.45, 7) is 0.604. The molecule has 1 heterocycles. The SMILES string of the molecule is O=C(O)N1CCCC(CO)(Cc2ccccc2F)C1. The van der Waals surface area contributed by atoms with Gasteiger partial charge >= 0.3 is 6.09 Å². The van der Waals surface area contributed by atoms with Crippen molar-refractivity contribution < 1.29 is 19.4 Å². The van der Waals surface area contributed by atoms with Gasteiger partial charge in [-0.1, -0.05) is 18.2 Å². The molecule has 5 heteroatoms. The van der Waals surface area contributed by atoms with Gasteiger partial charge in [-0.05, 0) is 30.9 Å². The van der Waals surface area contributed by atoms with Crippen molar-refractivity contribution in [2.75, 3.05) is 19.7 Å². The predicted octanol–water partition coefficient (Wildman–Crippen LogP) is 2.12. The van der Waals surface area contributed by atoms with Gasteiger partial charge in [0.25, 0.3) is 0 Å². The second-order valence-electron chi connectivity index (χ2n) is 5.23. The van der Waals surface area contributed by atoms with E-state index in [1.165, 1.54) is 11.0 Å². The molecule has 19 heavy (non-hydrogen) atoms. The third kappa shape index (κ3) is 3.04. The van der Waals surface area contributed by atoms with Crippen LogP contribution in [0.4, 0.5) is 9.18 Å². The minimum absolute atomic E-state index is 0.134. The van der Waals surface area contributed by atoms with Crippen LogP contribution in [0, 0.1) is 11.2 Å². The second-order valence-corrected chi connectivity index (χ2v) is 5.23. The number of aliphatic hydroxyl groups is 1. The highest BCUT2D eigenvalue weighted by Gasteiger charge is 2.37. The van der Waals surface area contributed by atoms with Crippen LogP contribution in [0.25, 0.3) is 0 Å². The zero-order chi connectivity index (χ0) is 13.9. The molecule has 1 aliphatic heterocycles. The van der Waals surface area contributed by atoms with Crippen LogP contribution in [0.15, 0.2) is 24.3 Å². The Balaban J connectivity index is 2.18. The summed E-state index contributed by atoms with van der Waals surface area (Å²) in [6.07, 6.45) is 0.786. The van der Waals surface area contributed by atoms with Gasteiger partial charge in [0.15, 0.2) is 0 Å². The molecule has 2 rings (SSSR count). The summed E-state index contributed by atoms with van der Waals surface area (Å²) < 4.78 is 13.7. The molecule has 1 aliphatic rings. The Morgan fingerprint density at radius 3 is 2.79 bits per heavy atom. The predicted molar refractivity (Wildman–Crippen MR) is 68.5 cm³/mol. The smallest absolute Gasteiger partial charge is 0.407 e. The maximum atomic E-state index is 13.7. The van der Waals surface area contributed by atoms with Crippen molar-refractivity contribution in [2.24, 2.45) is 5.41 Å². The lowest BCUT2D eigenvalue weighted by atomic mass is 9.76. The van der Waals surface area contributed by atoms with Gasteiger partial charge in [-0.2, -0.15) is 0 Å². The lowest BCUT2D eigenvalue weighted by molar-refractivity contribution is 0.0341. The third-order valence-corrected chi connectivity index (χ3v) is 3.79. The van der Waals surface area contributed by atoms with Gasteiger partial charge in [-0.15, -0.1) is 0 Å². The number of piperidine rings is 1. The highest BCUT2D eigenvalue weighted by Crippen LogP contribution is 2.34. The topological polar surface area (TPSA) is 60.8 Å². The van der Waals surface area contributed by atoms with Gasteiger partial charge < -0.3 is 15.1 Å². The maximum absolute atomic E-state index is 13.7. The molecular formula is C14H18FNO3. The number of likely N-dealkylation sites (tertiary alicyclic amines) is 1. The van der Waals surface area contributed by atoms with Crippen LogP contribution in [-0.4, -0.2) is 40.9 Å². The summed E-state index contributed by atoms with van der Waals surface area (Å²) in [5.41, 5.74) is -0.0393. The number of carboxylic acid groups (broad SMARTS) is 1. The fraction of sp³-hybridized carbons (Fsp3) is 0.500. The van der Waals surface area contributed by atoms with Crippen LogP contribution in [0.5, 0.6) is 0 Å². The van der Waals surface area contributed by atoms with E-state index >= 15 is 0 Å². The van der Waals surface area contributed by atoms with Crippen LogP contribution in [0.2, 0.25) is 0 Å². The molecule has 1 atom stereocenters. The Bertz CT molecular complexity index is 466. The van der Waals surface area contributed by atoms with Crippen LogP contribution < -0.4 is 0 Å². The van der Waals surface area contributed by atoms with Crippen molar-refractivity contribution in [3.8, 4) is 0 Å². The molecular weight excluding hydrogens is 249 g/mol. The third-order valence-electron chi connectivity index (χ3n) is 3.79. The van der Waals surface area contributed by atoms with E-state index in [1.807, 2.05) is 0 Å². The van der Waals surface area contributed by atoms with Crippen molar-refractivity contribution >= 4 is 6.09 Å². The standard InChI is InChI=1S/C14H18FNO3/c15-12-5-2-1-4-11(12)8-14(10-17)6-3-7-16(9-14)13(18)19/h1-2,4-5,17H,3,6-10H2,(H,18,19). The number of carbonyl (C=O) groups is 1. The monoisotopic (exact) mass is 267 g/mol. The Hall–Kier alpha value is -1.62. The van der Waals surface area contributed by atoms with E-state index in [0.29, 0.717) is 31.4 Å². The molecule has 1 unspecified atom stereocenters. The quantitative estimate of drug-likeness (QED) is 0.882. The first-order valence-corrected chi connectivity index (χ1v) is 6.38. The molecule has 1 aromatic carbocycles. The molecule has 1 fully saturated rings. The van der Waals surface area contributed by atoms with Gasteiger partial charge in [-0.25, -0.2) is 9.18 Å². The van der Waals surface area contributed by atoms with Crippen molar-refractivity contribution in [3.63, 3.8) is 0 Å². The van der Waals surface area contributed by atoms with Crippen LogP contribution >= 0.6 is 0 Å². The van der Waals surface area contributed by atoms with Crippen molar-refractivity contribution in [3.05, 3.63) is 35.6 Å². The Morgan fingerprint density at radius 1 is 1.42 bits per heavy atom. The molecule has 0 aliphatic carbocycles. The molecule has 2 N–H and O–H groups in total. The average molecular weight is 267 g/mol. The molecule has 1 aromatic rings. The van der Waals surface area contributed by atoms with Crippen LogP contribution in [0.1, 0.15) is 18.4 Å². The molecule has 0 saturated carbocycles. The summed E-state index contributed by atoms with van der Waals surface area (Å²) >= 11 is 0. The van der Waals surface area contributed by atoms with E-state index in [9.17, 15) is 14.3 Å². The van der Waals surface area contributed by atoms with Gasteiger partial charge in [0.2, 0.25) is 0 Å². The summed E-state index contributed by atoms with van der Waals surface area (Å²) in [5, 5.41) is 18.7. The van der Waals surface area contributed by atoms with Crippen LogP contribution in [-0.2, 0) is 6.42 Å². The Morgan fingerprint density at radius 2 is 2.16 bits per heavy atom. The molecule has 0 bridgehead atoms.